The quantitative estimate of drug-likeness (QED) is 0.392. The highest BCUT2D eigenvalue weighted by molar-refractivity contribution is 6.50. The number of nitrogens with zero attached hydrogens (tertiary/aromatic N) is 1. The molecule has 0 aromatic carbocycles. The van der Waals surface area contributed by atoms with Crippen molar-refractivity contribution >= 4 is 7.25 Å². The molecule has 1 atom stereocenters. The van der Waals surface area contributed by atoms with Crippen molar-refractivity contribution in [2.75, 3.05) is 26.7 Å². The first-order valence-electron chi connectivity index (χ1n) is 4.63. The zero-order chi connectivity index (χ0) is 11.2. The third-order valence-corrected chi connectivity index (χ3v) is 1.88. The van der Waals surface area contributed by atoms with Crippen LogP contribution in [0.4, 0.5) is 17.3 Å². The Kier molecular flexibility index (Phi) is 5.44. The number of quaternary nitrogens is 1. The second kappa shape index (κ2) is 5.55. The van der Waals surface area contributed by atoms with Gasteiger partial charge in [-0.2, -0.15) is 4.65 Å². The van der Waals surface area contributed by atoms with Crippen LogP contribution in [0.1, 0.15) is 19.8 Å². The number of hydrogen-bond acceptors (Lipinski definition) is 1. The molecule has 0 aliphatic carbocycles. The predicted molar refractivity (Wildman–Crippen MR) is 47.0 cm³/mol. The van der Waals surface area contributed by atoms with E-state index >= 15 is 0 Å². The molecule has 14 heavy (non-hydrogen) atoms. The van der Waals surface area contributed by atoms with E-state index < -0.39 is 7.25 Å². The van der Waals surface area contributed by atoms with E-state index in [1.54, 1.807) is 0 Å². The Hall–Kier alpha value is -0.295. The highest BCUT2D eigenvalue weighted by atomic mass is 19.5. The van der Waals surface area contributed by atoms with Crippen molar-refractivity contribution in [2.45, 2.75) is 19.8 Å². The second-order valence-electron chi connectivity index (χ2n) is 3.43. The molecule has 1 aliphatic heterocycles. The maximum absolute atomic E-state index is 9.75. The Balaban J connectivity index is 0.000000292. The molecule has 0 aromatic heterocycles. The van der Waals surface area contributed by atoms with Crippen molar-refractivity contribution in [3.05, 3.63) is 0 Å². The summed E-state index contributed by atoms with van der Waals surface area (Å²) in [6.45, 7) is 5.52. The van der Waals surface area contributed by atoms with Crippen LogP contribution in [0, 0.1) is 0 Å². The van der Waals surface area contributed by atoms with Crippen LogP contribution in [0.25, 0.3) is 0 Å². The van der Waals surface area contributed by atoms with E-state index in [2.05, 4.69) is 14.0 Å². The standard InChI is InChI=1S/C7H16NO.BF4/c1-3-5-8(2)6-4-7-9-8;2-1(3,4)5/h3-7H2,1-2H3;/q+1;-1. The van der Waals surface area contributed by atoms with Crippen molar-refractivity contribution in [2.24, 2.45) is 0 Å². The molecule has 0 N–H and O–H groups in total. The molecule has 1 rings (SSSR count). The highest BCUT2D eigenvalue weighted by Gasteiger charge is 2.27. The minimum Gasteiger partial charge on any atom is -0.418 e. The molecule has 7 heteroatoms. The molecule has 1 aliphatic rings. The van der Waals surface area contributed by atoms with Gasteiger partial charge in [-0.05, 0) is 6.42 Å². The van der Waals surface area contributed by atoms with Gasteiger partial charge < -0.3 is 17.3 Å². The van der Waals surface area contributed by atoms with Crippen LogP contribution in [-0.2, 0) is 4.84 Å². The summed E-state index contributed by atoms with van der Waals surface area (Å²) in [6.07, 6.45) is 2.45. The fourth-order valence-electron chi connectivity index (χ4n) is 1.40. The lowest BCUT2D eigenvalue weighted by molar-refractivity contribution is -1.08. The number of rotatable bonds is 2. The van der Waals surface area contributed by atoms with Crippen LogP contribution in [0.3, 0.4) is 0 Å². The summed E-state index contributed by atoms with van der Waals surface area (Å²) in [6, 6.07) is 0. The molecule has 0 spiro atoms. The largest absolute Gasteiger partial charge is 0.673 e. The van der Waals surface area contributed by atoms with E-state index in [0.29, 0.717) is 0 Å². The lowest BCUT2D eigenvalue weighted by atomic mass is 10.3. The van der Waals surface area contributed by atoms with Crippen molar-refractivity contribution < 1.29 is 26.7 Å². The molecule has 0 radical (unpaired) electrons. The third kappa shape index (κ3) is 8.31. The maximum Gasteiger partial charge on any atom is 0.673 e. The summed E-state index contributed by atoms with van der Waals surface area (Å²) in [5, 5.41) is 0. The van der Waals surface area contributed by atoms with Gasteiger partial charge in [-0.15, -0.1) is 0 Å². The SMILES string of the molecule is CCC[N+]1(C)CCCO1.F[B-](F)(F)F. The summed E-state index contributed by atoms with van der Waals surface area (Å²) >= 11 is 0. The van der Waals surface area contributed by atoms with E-state index in [9.17, 15) is 17.3 Å². The zero-order valence-electron chi connectivity index (χ0n) is 8.48. The first kappa shape index (κ1) is 13.7. The van der Waals surface area contributed by atoms with Gasteiger partial charge in [-0.3, -0.25) is 0 Å². The summed E-state index contributed by atoms with van der Waals surface area (Å²) in [4.78, 5) is 5.52. The second-order valence-corrected chi connectivity index (χ2v) is 3.43. The highest BCUT2D eigenvalue weighted by Crippen LogP contribution is 2.13. The van der Waals surface area contributed by atoms with Crippen LogP contribution in [0.5, 0.6) is 0 Å². The molecular formula is C7H16BF4NO. The van der Waals surface area contributed by atoms with Crippen molar-refractivity contribution in [3.63, 3.8) is 0 Å². The molecule has 1 fully saturated rings. The lowest BCUT2D eigenvalue weighted by Gasteiger charge is -2.24. The first-order valence-corrected chi connectivity index (χ1v) is 4.63. The monoisotopic (exact) mass is 217 g/mol. The Morgan fingerprint density at radius 1 is 1.29 bits per heavy atom. The lowest BCUT2D eigenvalue weighted by Crippen LogP contribution is -2.39. The minimum absolute atomic E-state index is 0.844. The topological polar surface area (TPSA) is 9.23 Å². The van der Waals surface area contributed by atoms with Crippen molar-refractivity contribution in [1.82, 2.24) is 0 Å². The van der Waals surface area contributed by atoms with Gasteiger partial charge in [0.25, 0.3) is 0 Å². The van der Waals surface area contributed by atoms with E-state index in [4.69, 9.17) is 4.84 Å². The molecule has 86 valence electrons. The van der Waals surface area contributed by atoms with Crippen molar-refractivity contribution in [1.29, 1.82) is 0 Å². The van der Waals surface area contributed by atoms with Crippen LogP contribution in [-0.4, -0.2) is 38.6 Å². The Morgan fingerprint density at radius 3 is 2.07 bits per heavy atom. The van der Waals surface area contributed by atoms with Gasteiger partial charge in [-0.1, -0.05) is 6.92 Å². The summed E-state index contributed by atoms with van der Waals surface area (Å²) in [5.74, 6) is 0. The normalized spacial score (nSPS) is 27.0. The molecule has 2 nitrogen and oxygen atoms in total. The third-order valence-electron chi connectivity index (χ3n) is 1.88. The molecule has 0 amide bonds. The van der Waals surface area contributed by atoms with Gasteiger partial charge in [0.05, 0.1) is 7.05 Å². The average molecular weight is 217 g/mol. The van der Waals surface area contributed by atoms with Gasteiger partial charge in [0.1, 0.15) is 19.7 Å². The first-order chi connectivity index (χ1) is 6.27. The van der Waals surface area contributed by atoms with Crippen LogP contribution < -0.4 is 0 Å². The number of halogens is 4. The van der Waals surface area contributed by atoms with Gasteiger partial charge in [0, 0.05) is 6.42 Å². The molecule has 1 heterocycles. The molecule has 0 aromatic rings. The molecule has 1 saturated heterocycles. The zero-order valence-corrected chi connectivity index (χ0v) is 8.48. The minimum atomic E-state index is -6.00. The van der Waals surface area contributed by atoms with E-state index in [1.165, 1.54) is 25.9 Å². The molecule has 1 unspecified atom stereocenters. The molecule has 0 saturated carbocycles. The Labute approximate surface area is 81.5 Å². The van der Waals surface area contributed by atoms with Gasteiger partial charge in [-0.25, -0.2) is 4.84 Å². The van der Waals surface area contributed by atoms with Gasteiger partial charge in [0.2, 0.25) is 0 Å². The smallest absolute Gasteiger partial charge is 0.418 e. The van der Waals surface area contributed by atoms with Crippen LogP contribution >= 0.6 is 0 Å². The van der Waals surface area contributed by atoms with E-state index in [0.717, 1.165) is 11.3 Å². The fraction of sp³-hybridized carbons (Fsp3) is 1.00. The molecular weight excluding hydrogens is 201 g/mol. The Bertz CT molecular complexity index is 152. The fourth-order valence-corrected chi connectivity index (χ4v) is 1.40. The van der Waals surface area contributed by atoms with E-state index in [1.807, 2.05) is 0 Å². The summed E-state index contributed by atoms with van der Waals surface area (Å²) in [7, 11) is -3.84. The number of hydrogen-bond donors (Lipinski definition) is 0. The average Bonchev–Trinajstić information content (AvgIpc) is 2.33. The molecule has 0 bridgehead atoms. The van der Waals surface area contributed by atoms with Gasteiger partial charge in [0.15, 0.2) is 0 Å². The summed E-state index contributed by atoms with van der Waals surface area (Å²) in [5.41, 5.74) is 0. The maximum atomic E-state index is 9.75. The van der Waals surface area contributed by atoms with Crippen LogP contribution in [0.2, 0.25) is 0 Å². The van der Waals surface area contributed by atoms with Crippen LogP contribution in [0.15, 0.2) is 0 Å². The predicted octanol–water partition coefficient (Wildman–Crippen LogP) is 2.48. The van der Waals surface area contributed by atoms with Gasteiger partial charge >= 0.3 is 7.25 Å². The van der Waals surface area contributed by atoms with E-state index in [-0.39, 0.29) is 0 Å². The summed E-state index contributed by atoms with van der Waals surface area (Å²) < 4.78 is 39.8. The number of hydroxylamine groups is 3. The Morgan fingerprint density at radius 2 is 1.79 bits per heavy atom. The van der Waals surface area contributed by atoms with Crippen molar-refractivity contribution in [3.8, 4) is 0 Å².